The van der Waals surface area contributed by atoms with Crippen LogP contribution < -0.4 is 5.32 Å². The Morgan fingerprint density at radius 2 is 1.90 bits per heavy atom. The first-order valence-corrected chi connectivity index (χ1v) is 12.0. The molecule has 156 valence electrons. The molecule has 1 fully saturated rings. The second kappa shape index (κ2) is 11.3. The van der Waals surface area contributed by atoms with Crippen molar-refractivity contribution < 1.29 is 4.79 Å². The van der Waals surface area contributed by atoms with Gasteiger partial charge in [0.2, 0.25) is 0 Å². The van der Waals surface area contributed by atoms with E-state index in [-0.39, 0.29) is 5.91 Å². The molecule has 1 heterocycles. The number of carbonyl (C=O) groups excluding carboxylic acids is 1. The van der Waals surface area contributed by atoms with E-state index < -0.39 is 0 Å². The minimum absolute atomic E-state index is 0.0155. The van der Waals surface area contributed by atoms with E-state index in [0.717, 1.165) is 35.1 Å². The molecule has 1 N–H and O–H groups in total. The lowest BCUT2D eigenvalue weighted by atomic mass is 9.99. The molecule has 6 heteroatoms. The van der Waals surface area contributed by atoms with Crippen LogP contribution in [-0.2, 0) is 12.3 Å². The summed E-state index contributed by atoms with van der Waals surface area (Å²) >= 11 is 13.7. The van der Waals surface area contributed by atoms with Crippen LogP contribution in [0, 0.1) is 5.92 Å². The molecule has 0 aromatic heterocycles. The Balaban J connectivity index is 1.37. The van der Waals surface area contributed by atoms with Crippen molar-refractivity contribution in [3.8, 4) is 0 Å². The van der Waals surface area contributed by atoms with Crippen LogP contribution in [0.3, 0.4) is 0 Å². The van der Waals surface area contributed by atoms with Gasteiger partial charge in [0.05, 0.1) is 10.0 Å². The van der Waals surface area contributed by atoms with E-state index in [1.54, 1.807) is 11.8 Å². The quantitative estimate of drug-likeness (QED) is 0.508. The molecule has 0 saturated carbocycles. The monoisotopic (exact) mass is 450 g/mol. The van der Waals surface area contributed by atoms with Crippen molar-refractivity contribution in [2.75, 3.05) is 25.4 Å². The highest BCUT2D eigenvalue weighted by Gasteiger charge is 2.16. The zero-order valence-corrected chi connectivity index (χ0v) is 19.1. The zero-order chi connectivity index (χ0) is 20.6. The summed E-state index contributed by atoms with van der Waals surface area (Å²) in [6.07, 6.45) is 2.62. The lowest BCUT2D eigenvalue weighted by molar-refractivity contribution is 0.0956. The molecule has 0 aliphatic carbocycles. The maximum atomic E-state index is 12.3. The van der Waals surface area contributed by atoms with Gasteiger partial charge in [-0.15, -0.1) is 0 Å². The topological polar surface area (TPSA) is 32.3 Å². The standard InChI is InChI=1S/C23H28Cl2N2OS/c1-17-3-2-11-27(14-17)15-18-4-7-20(8-5-18)23(28)26-10-12-29-16-19-6-9-21(24)22(25)13-19/h4-9,13,17H,2-3,10-12,14-16H2,1H3,(H,26,28)/t17-/m0/s1. The number of rotatable bonds is 8. The lowest BCUT2D eigenvalue weighted by Gasteiger charge is -2.30. The van der Waals surface area contributed by atoms with Crippen molar-refractivity contribution in [3.05, 3.63) is 69.2 Å². The SMILES string of the molecule is C[C@H]1CCCN(Cc2ccc(C(=O)NCCSCc3ccc(Cl)c(Cl)c3)cc2)C1. The Bertz CT molecular complexity index is 813. The third-order valence-electron chi connectivity index (χ3n) is 5.15. The normalized spacial score (nSPS) is 17.3. The predicted octanol–water partition coefficient (Wildman–Crippen LogP) is 5.89. The molecule has 2 aromatic carbocycles. The van der Waals surface area contributed by atoms with Gasteiger partial charge in [-0.3, -0.25) is 9.69 Å². The Labute approximate surface area is 188 Å². The number of hydrogen-bond acceptors (Lipinski definition) is 3. The van der Waals surface area contributed by atoms with E-state index in [1.807, 2.05) is 30.3 Å². The van der Waals surface area contributed by atoms with Crippen molar-refractivity contribution in [3.63, 3.8) is 0 Å². The number of nitrogens with zero attached hydrogens (tertiary/aromatic N) is 1. The average molecular weight is 451 g/mol. The summed E-state index contributed by atoms with van der Waals surface area (Å²) in [5.41, 5.74) is 3.12. The van der Waals surface area contributed by atoms with E-state index in [2.05, 4.69) is 29.3 Å². The van der Waals surface area contributed by atoms with Crippen LogP contribution in [0.1, 0.15) is 41.3 Å². The third kappa shape index (κ3) is 7.21. The zero-order valence-electron chi connectivity index (χ0n) is 16.8. The van der Waals surface area contributed by atoms with Gasteiger partial charge in [-0.25, -0.2) is 0 Å². The van der Waals surface area contributed by atoms with E-state index >= 15 is 0 Å². The van der Waals surface area contributed by atoms with E-state index in [9.17, 15) is 4.79 Å². The minimum atomic E-state index is -0.0155. The second-order valence-corrected chi connectivity index (χ2v) is 9.66. The number of carbonyl (C=O) groups is 1. The number of likely N-dealkylation sites (tertiary alicyclic amines) is 1. The third-order valence-corrected chi connectivity index (χ3v) is 6.92. The number of amides is 1. The van der Waals surface area contributed by atoms with Crippen LogP contribution in [-0.4, -0.2) is 36.2 Å². The summed E-state index contributed by atoms with van der Waals surface area (Å²) in [5, 5.41) is 4.15. The predicted molar refractivity (Wildman–Crippen MR) is 125 cm³/mol. The maximum Gasteiger partial charge on any atom is 0.251 e. The first kappa shape index (κ1) is 22.5. The second-order valence-electron chi connectivity index (χ2n) is 7.74. The van der Waals surface area contributed by atoms with Crippen LogP contribution in [0.4, 0.5) is 0 Å². The fourth-order valence-electron chi connectivity index (χ4n) is 3.61. The number of halogens is 2. The summed E-state index contributed by atoms with van der Waals surface area (Å²) in [5.74, 6) is 2.45. The van der Waals surface area contributed by atoms with Crippen molar-refractivity contribution in [1.29, 1.82) is 0 Å². The molecule has 1 aliphatic rings. The highest BCUT2D eigenvalue weighted by atomic mass is 35.5. The molecule has 3 rings (SSSR count). The Kier molecular flexibility index (Phi) is 8.73. The highest BCUT2D eigenvalue weighted by Crippen LogP contribution is 2.24. The molecular weight excluding hydrogens is 423 g/mol. The average Bonchev–Trinajstić information content (AvgIpc) is 2.71. The molecule has 3 nitrogen and oxygen atoms in total. The molecule has 0 unspecified atom stereocenters. The molecule has 0 bridgehead atoms. The molecule has 1 amide bonds. The Morgan fingerprint density at radius 1 is 1.14 bits per heavy atom. The molecular formula is C23H28Cl2N2OS. The van der Waals surface area contributed by atoms with Gasteiger partial charge < -0.3 is 5.32 Å². The summed E-state index contributed by atoms with van der Waals surface area (Å²) in [7, 11) is 0. The van der Waals surface area contributed by atoms with Gasteiger partial charge in [-0.1, -0.05) is 48.3 Å². The summed E-state index contributed by atoms with van der Waals surface area (Å²) in [4.78, 5) is 14.8. The van der Waals surface area contributed by atoms with Gasteiger partial charge in [0.15, 0.2) is 0 Å². The number of thioether (sulfide) groups is 1. The highest BCUT2D eigenvalue weighted by molar-refractivity contribution is 7.98. The fraction of sp³-hybridized carbons (Fsp3) is 0.435. The van der Waals surface area contributed by atoms with Crippen LogP contribution in [0.5, 0.6) is 0 Å². The van der Waals surface area contributed by atoms with Gasteiger partial charge in [0.25, 0.3) is 5.91 Å². The number of hydrogen-bond donors (Lipinski definition) is 1. The van der Waals surface area contributed by atoms with Gasteiger partial charge in [-0.2, -0.15) is 11.8 Å². The number of piperidine rings is 1. The van der Waals surface area contributed by atoms with Gasteiger partial charge >= 0.3 is 0 Å². The number of nitrogens with one attached hydrogen (secondary N) is 1. The van der Waals surface area contributed by atoms with Gasteiger partial charge in [-0.05, 0) is 60.7 Å². The van der Waals surface area contributed by atoms with Crippen molar-refractivity contribution >= 4 is 40.9 Å². The van der Waals surface area contributed by atoms with Crippen molar-refractivity contribution in [1.82, 2.24) is 10.2 Å². The van der Waals surface area contributed by atoms with Crippen LogP contribution in [0.25, 0.3) is 0 Å². The number of benzene rings is 2. The van der Waals surface area contributed by atoms with E-state index in [0.29, 0.717) is 16.6 Å². The molecule has 1 aliphatic heterocycles. The first-order chi connectivity index (χ1) is 14.0. The van der Waals surface area contributed by atoms with Crippen LogP contribution in [0.15, 0.2) is 42.5 Å². The van der Waals surface area contributed by atoms with Crippen LogP contribution in [0.2, 0.25) is 10.0 Å². The van der Waals surface area contributed by atoms with Crippen LogP contribution >= 0.6 is 35.0 Å². The molecule has 1 saturated heterocycles. The Hall–Kier alpha value is -1.20. The fourth-order valence-corrected chi connectivity index (χ4v) is 4.73. The lowest BCUT2D eigenvalue weighted by Crippen LogP contribution is -2.33. The molecule has 0 spiro atoms. The Morgan fingerprint density at radius 3 is 2.62 bits per heavy atom. The largest absolute Gasteiger partial charge is 0.351 e. The minimum Gasteiger partial charge on any atom is -0.351 e. The molecule has 1 atom stereocenters. The maximum absolute atomic E-state index is 12.3. The molecule has 29 heavy (non-hydrogen) atoms. The summed E-state index contributed by atoms with van der Waals surface area (Å²) < 4.78 is 0. The van der Waals surface area contributed by atoms with Crippen molar-refractivity contribution in [2.45, 2.75) is 32.1 Å². The molecule has 0 radical (unpaired) electrons. The first-order valence-electron chi connectivity index (χ1n) is 10.1. The summed E-state index contributed by atoms with van der Waals surface area (Å²) in [6.45, 7) is 6.27. The summed E-state index contributed by atoms with van der Waals surface area (Å²) in [6, 6.07) is 13.7. The van der Waals surface area contributed by atoms with E-state index in [1.165, 1.54) is 31.5 Å². The molecule has 2 aromatic rings. The smallest absolute Gasteiger partial charge is 0.251 e. The van der Waals surface area contributed by atoms with Crippen molar-refractivity contribution in [2.24, 2.45) is 5.92 Å². The van der Waals surface area contributed by atoms with Gasteiger partial charge in [0.1, 0.15) is 0 Å². The van der Waals surface area contributed by atoms with Gasteiger partial charge in [0, 0.05) is 36.7 Å². The van der Waals surface area contributed by atoms with E-state index in [4.69, 9.17) is 23.2 Å².